The van der Waals surface area contributed by atoms with Gasteiger partial charge in [-0.2, -0.15) is 8.42 Å². The van der Waals surface area contributed by atoms with Gasteiger partial charge in [0.2, 0.25) is 0 Å². The highest BCUT2D eigenvalue weighted by Gasteiger charge is 2.33. The van der Waals surface area contributed by atoms with E-state index in [4.69, 9.17) is 21.1 Å². The Balaban J connectivity index is 1.50. The van der Waals surface area contributed by atoms with Crippen molar-refractivity contribution in [2.75, 3.05) is 12.0 Å². The van der Waals surface area contributed by atoms with E-state index in [-0.39, 0.29) is 16.6 Å². The zero-order valence-corrected chi connectivity index (χ0v) is 20.2. The summed E-state index contributed by atoms with van der Waals surface area (Å²) in [6, 6.07) is 19.9. The molecule has 1 saturated heterocycles. The number of hydrogen-bond donors (Lipinski definition) is 0. The van der Waals surface area contributed by atoms with Crippen molar-refractivity contribution in [2.24, 2.45) is 0 Å². The second-order valence-electron chi connectivity index (χ2n) is 7.14. The molecule has 0 unspecified atom stereocenters. The van der Waals surface area contributed by atoms with Crippen LogP contribution in [-0.4, -0.2) is 25.8 Å². The summed E-state index contributed by atoms with van der Waals surface area (Å²) in [6.07, 6.45) is 1.72. The lowest BCUT2D eigenvalue weighted by Gasteiger charge is -2.14. The van der Waals surface area contributed by atoms with Crippen LogP contribution in [0.4, 0.5) is 5.69 Å². The minimum Gasteiger partial charge on any atom is -0.497 e. The maximum absolute atomic E-state index is 12.9. The van der Waals surface area contributed by atoms with Gasteiger partial charge in [0, 0.05) is 0 Å². The van der Waals surface area contributed by atoms with Crippen molar-refractivity contribution in [3.63, 3.8) is 0 Å². The molecule has 1 aliphatic heterocycles. The number of hydrogen-bond acceptors (Lipinski definition) is 7. The molecule has 1 amide bonds. The predicted octanol–water partition coefficient (Wildman–Crippen LogP) is 5.18. The Hall–Kier alpha value is -3.14. The number of methoxy groups -OCH3 is 1. The van der Waals surface area contributed by atoms with Gasteiger partial charge >= 0.3 is 10.1 Å². The Kier molecular flexibility index (Phi) is 6.55. The number of thioether (sulfide) groups is 1. The lowest BCUT2D eigenvalue weighted by atomic mass is 10.2. The minimum atomic E-state index is -3.98. The second kappa shape index (κ2) is 9.38. The van der Waals surface area contributed by atoms with Crippen LogP contribution in [0.2, 0.25) is 0 Å². The number of ether oxygens (including phenoxy) is 1. The van der Waals surface area contributed by atoms with Crippen molar-refractivity contribution in [3.05, 3.63) is 88.8 Å². The van der Waals surface area contributed by atoms with Gasteiger partial charge in [-0.05, 0) is 72.7 Å². The summed E-state index contributed by atoms with van der Waals surface area (Å²) in [5, 5.41) is 0. The smallest absolute Gasteiger partial charge is 0.339 e. The maximum atomic E-state index is 12.9. The zero-order valence-electron chi connectivity index (χ0n) is 17.7. The van der Waals surface area contributed by atoms with Gasteiger partial charge in [0.05, 0.1) is 17.7 Å². The van der Waals surface area contributed by atoms with E-state index in [0.29, 0.717) is 20.5 Å². The third kappa shape index (κ3) is 5.11. The molecule has 1 aliphatic rings. The topological polar surface area (TPSA) is 72.9 Å². The summed E-state index contributed by atoms with van der Waals surface area (Å²) < 4.78 is 35.7. The van der Waals surface area contributed by atoms with Gasteiger partial charge in [-0.1, -0.05) is 48.2 Å². The van der Waals surface area contributed by atoms with Crippen molar-refractivity contribution in [1.82, 2.24) is 0 Å². The molecule has 0 spiro atoms. The number of carbonyl (C=O) groups is 1. The SMILES string of the molecule is COc1ccc(S(=O)(=O)Oc2ccc(C=C3SC(=S)N(c4cccc(C)c4)C3=O)cc2)cc1. The number of rotatable bonds is 6. The van der Waals surface area contributed by atoms with E-state index >= 15 is 0 Å². The van der Waals surface area contributed by atoms with Crippen LogP contribution in [-0.2, 0) is 14.9 Å². The van der Waals surface area contributed by atoms with E-state index in [1.807, 2.05) is 31.2 Å². The average Bonchev–Trinajstić information content (AvgIpc) is 3.07. The molecule has 4 rings (SSSR count). The third-order valence-electron chi connectivity index (χ3n) is 4.79. The first-order chi connectivity index (χ1) is 15.8. The van der Waals surface area contributed by atoms with Crippen LogP contribution >= 0.6 is 24.0 Å². The summed E-state index contributed by atoms with van der Waals surface area (Å²) in [6.45, 7) is 1.95. The summed E-state index contributed by atoms with van der Waals surface area (Å²) in [5.74, 6) is 0.513. The molecule has 6 nitrogen and oxygen atoms in total. The summed E-state index contributed by atoms with van der Waals surface area (Å²) in [4.78, 5) is 14.9. The highest BCUT2D eigenvalue weighted by atomic mass is 32.2. The van der Waals surface area contributed by atoms with Crippen LogP contribution < -0.4 is 13.8 Å². The molecule has 1 fully saturated rings. The summed E-state index contributed by atoms with van der Waals surface area (Å²) in [5.41, 5.74) is 2.48. The van der Waals surface area contributed by atoms with Crippen molar-refractivity contribution in [3.8, 4) is 11.5 Å². The Bertz CT molecular complexity index is 1350. The van der Waals surface area contributed by atoms with Crippen molar-refractivity contribution in [2.45, 2.75) is 11.8 Å². The standard InChI is InChI=1S/C24H19NO5S3/c1-16-4-3-5-18(14-16)25-23(26)22(32-24(25)31)15-17-6-8-20(9-7-17)30-33(27,28)21-12-10-19(29-2)11-13-21/h3-15H,1-2H3. The fraction of sp³-hybridized carbons (Fsp3) is 0.0833. The molecule has 33 heavy (non-hydrogen) atoms. The van der Waals surface area contributed by atoms with Gasteiger partial charge in [0.25, 0.3) is 5.91 Å². The van der Waals surface area contributed by atoms with Crippen LogP contribution in [0.5, 0.6) is 11.5 Å². The Labute approximate surface area is 202 Å². The van der Waals surface area contributed by atoms with E-state index in [1.54, 1.807) is 30.3 Å². The Morgan fingerprint density at radius 3 is 2.27 bits per heavy atom. The maximum Gasteiger partial charge on any atom is 0.339 e. The van der Waals surface area contributed by atoms with Gasteiger partial charge in [-0.25, -0.2) is 0 Å². The van der Waals surface area contributed by atoms with E-state index in [0.717, 1.165) is 11.3 Å². The molecule has 9 heteroatoms. The van der Waals surface area contributed by atoms with Gasteiger partial charge in [-0.15, -0.1) is 0 Å². The molecule has 0 N–H and O–H groups in total. The summed E-state index contributed by atoms with van der Waals surface area (Å²) >= 11 is 6.63. The molecule has 3 aromatic rings. The first-order valence-corrected chi connectivity index (χ1v) is 12.4. The van der Waals surface area contributed by atoms with Crippen molar-refractivity contribution >= 4 is 56.1 Å². The highest BCUT2D eigenvalue weighted by molar-refractivity contribution is 8.27. The van der Waals surface area contributed by atoms with Crippen LogP contribution in [0.3, 0.4) is 0 Å². The van der Waals surface area contributed by atoms with Crippen LogP contribution in [0, 0.1) is 6.92 Å². The number of anilines is 1. The van der Waals surface area contributed by atoms with Crippen molar-refractivity contribution in [1.29, 1.82) is 0 Å². The monoisotopic (exact) mass is 497 g/mol. The number of benzene rings is 3. The molecule has 0 aromatic heterocycles. The van der Waals surface area contributed by atoms with E-state index < -0.39 is 10.1 Å². The summed E-state index contributed by atoms with van der Waals surface area (Å²) in [7, 11) is -2.48. The van der Waals surface area contributed by atoms with E-state index in [1.165, 1.54) is 48.0 Å². The first kappa shape index (κ1) is 23.0. The molecule has 3 aromatic carbocycles. The lowest BCUT2D eigenvalue weighted by Crippen LogP contribution is -2.27. The Morgan fingerprint density at radius 2 is 1.64 bits per heavy atom. The molecule has 0 radical (unpaired) electrons. The first-order valence-electron chi connectivity index (χ1n) is 9.80. The van der Waals surface area contributed by atoms with Crippen LogP contribution in [0.25, 0.3) is 6.08 Å². The van der Waals surface area contributed by atoms with Gasteiger partial charge < -0.3 is 8.92 Å². The molecule has 1 heterocycles. The third-order valence-corrected chi connectivity index (χ3v) is 7.35. The number of aryl methyl sites for hydroxylation is 1. The van der Waals surface area contributed by atoms with Gasteiger partial charge in [-0.3, -0.25) is 9.69 Å². The molecular weight excluding hydrogens is 478 g/mol. The van der Waals surface area contributed by atoms with E-state index in [2.05, 4.69) is 0 Å². The molecule has 0 atom stereocenters. The van der Waals surface area contributed by atoms with Crippen LogP contribution in [0.1, 0.15) is 11.1 Å². The van der Waals surface area contributed by atoms with Crippen molar-refractivity contribution < 1.29 is 22.1 Å². The fourth-order valence-corrected chi connectivity index (χ4v) is 5.37. The zero-order chi connectivity index (χ0) is 23.6. The average molecular weight is 498 g/mol. The lowest BCUT2D eigenvalue weighted by molar-refractivity contribution is -0.113. The van der Waals surface area contributed by atoms with Gasteiger partial charge in [0.15, 0.2) is 4.32 Å². The molecular formula is C24H19NO5S3. The minimum absolute atomic E-state index is 0.0206. The molecule has 0 aliphatic carbocycles. The number of amides is 1. The predicted molar refractivity (Wildman–Crippen MR) is 134 cm³/mol. The second-order valence-corrected chi connectivity index (χ2v) is 10.4. The Morgan fingerprint density at radius 1 is 0.970 bits per heavy atom. The number of carbonyl (C=O) groups excluding carboxylic acids is 1. The number of nitrogens with zero attached hydrogens (tertiary/aromatic N) is 1. The normalized spacial score (nSPS) is 15.2. The van der Waals surface area contributed by atoms with Gasteiger partial charge in [0.1, 0.15) is 16.4 Å². The van der Waals surface area contributed by atoms with E-state index in [9.17, 15) is 13.2 Å². The molecule has 168 valence electrons. The molecule has 0 saturated carbocycles. The van der Waals surface area contributed by atoms with Crippen LogP contribution in [0.15, 0.2) is 82.6 Å². The highest BCUT2D eigenvalue weighted by Crippen LogP contribution is 2.36. The largest absolute Gasteiger partial charge is 0.497 e. The quantitative estimate of drug-likeness (QED) is 0.264. The fourth-order valence-electron chi connectivity index (χ4n) is 3.15. The number of thiocarbonyl (C=S) groups is 1. The molecule has 0 bridgehead atoms.